The van der Waals surface area contributed by atoms with Gasteiger partial charge in [-0.05, 0) is 54.3 Å². The van der Waals surface area contributed by atoms with E-state index in [-0.39, 0.29) is 5.92 Å². The van der Waals surface area contributed by atoms with Crippen molar-refractivity contribution in [1.82, 2.24) is 4.98 Å². The first-order chi connectivity index (χ1) is 15.2. The van der Waals surface area contributed by atoms with Gasteiger partial charge in [0.2, 0.25) is 6.23 Å². The van der Waals surface area contributed by atoms with Crippen LogP contribution in [0.5, 0.6) is 0 Å². The van der Waals surface area contributed by atoms with Gasteiger partial charge in [0, 0.05) is 29.4 Å². The molecule has 5 rings (SSSR count). The fourth-order valence-electron chi connectivity index (χ4n) is 4.37. The zero-order valence-electron chi connectivity index (χ0n) is 18.4. The lowest BCUT2D eigenvalue weighted by atomic mass is 9.88. The third kappa shape index (κ3) is 3.58. The first kappa shape index (κ1) is 21.0. The minimum absolute atomic E-state index is 0.269. The van der Waals surface area contributed by atoms with Crippen LogP contribution in [0.15, 0.2) is 72.1 Å². The summed E-state index contributed by atoms with van der Waals surface area (Å²) in [5.41, 5.74) is 6.41. The number of benzene rings is 2. The van der Waals surface area contributed by atoms with Crippen LogP contribution in [-0.2, 0) is 4.84 Å². The predicted molar refractivity (Wildman–Crippen MR) is 125 cm³/mol. The number of amidine groups is 1. The number of pyridine rings is 1. The van der Waals surface area contributed by atoms with Gasteiger partial charge in [-0.1, -0.05) is 56.3 Å². The van der Waals surface area contributed by atoms with Gasteiger partial charge in [-0.3, -0.25) is 9.88 Å². The van der Waals surface area contributed by atoms with Crippen LogP contribution in [-0.4, -0.2) is 23.2 Å². The van der Waals surface area contributed by atoms with Crippen LogP contribution in [0.2, 0.25) is 0 Å². The van der Waals surface area contributed by atoms with Gasteiger partial charge >= 0.3 is 0 Å². The Labute approximate surface area is 183 Å². The monoisotopic (exact) mass is 417 g/mol. The molecule has 3 unspecified atom stereocenters. The molecule has 5 heteroatoms. The van der Waals surface area contributed by atoms with E-state index < -0.39 is 12.4 Å². The van der Waals surface area contributed by atoms with Gasteiger partial charge in [0.1, 0.15) is 6.17 Å². The minimum Gasteiger partial charge on any atom is -0.368 e. The molecule has 0 radical (unpaired) electrons. The molecule has 0 fully saturated rings. The van der Waals surface area contributed by atoms with Crippen LogP contribution < -0.4 is 4.90 Å². The average Bonchev–Trinajstić information content (AvgIpc) is 3.26. The predicted octanol–water partition coefficient (Wildman–Crippen LogP) is 6.66. The normalized spacial score (nSPS) is 17.8. The molecular weight excluding hydrogens is 389 g/mol. The lowest BCUT2D eigenvalue weighted by Crippen LogP contribution is -2.45. The molecule has 2 aliphatic heterocycles. The Morgan fingerprint density at radius 3 is 2.42 bits per heavy atom. The van der Waals surface area contributed by atoms with Crippen LogP contribution in [0.1, 0.15) is 39.7 Å². The molecule has 160 valence electrons. The highest BCUT2D eigenvalue weighted by atomic mass is 19.1. The first-order valence-electron chi connectivity index (χ1n) is 11.0. The van der Waals surface area contributed by atoms with Gasteiger partial charge in [-0.25, -0.2) is 4.39 Å². The summed E-state index contributed by atoms with van der Waals surface area (Å²) in [6, 6.07) is 18.6. The lowest BCUT2D eigenvalue weighted by Gasteiger charge is -2.35. The molecule has 2 aliphatic rings. The second kappa shape index (κ2) is 8.88. The summed E-state index contributed by atoms with van der Waals surface area (Å²) >= 11 is 0. The number of hydrogen-bond donors (Lipinski definition) is 0. The molecule has 4 nitrogen and oxygen atoms in total. The topological polar surface area (TPSA) is 37.7 Å². The number of hydrogen-bond acceptors (Lipinski definition) is 4. The van der Waals surface area contributed by atoms with Crippen LogP contribution in [0.4, 0.5) is 10.1 Å². The van der Waals surface area contributed by atoms with Crippen molar-refractivity contribution in [2.45, 2.75) is 46.5 Å². The molecular formula is C26H28FN3O. The maximum Gasteiger partial charge on any atom is 0.211 e. The maximum absolute atomic E-state index is 14.4. The number of nitrogens with zero attached hydrogens (tertiary/aromatic N) is 3. The molecule has 0 amide bonds. The van der Waals surface area contributed by atoms with E-state index in [0.717, 1.165) is 39.3 Å². The summed E-state index contributed by atoms with van der Waals surface area (Å²) < 4.78 is 14.4. The zero-order chi connectivity index (χ0) is 22.0. The average molecular weight is 418 g/mol. The number of halogens is 1. The number of anilines is 1. The van der Waals surface area contributed by atoms with Gasteiger partial charge in [0.25, 0.3) is 0 Å². The fourth-order valence-corrected chi connectivity index (χ4v) is 4.37. The van der Waals surface area contributed by atoms with Gasteiger partial charge in [0.05, 0.1) is 5.69 Å². The summed E-state index contributed by atoms with van der Waals surface area (Å²) in [5.74, 6) is 0.480. The van der Waals surface area contributed by atoms with Crippen LogP contribution in [0, 0.1) is 5.92 Å². The second-order valence-corrected chi connectivity index (χ2v) is 7.54. The fraction of sp³-hybridized carbons (Fsp3) is 0.308. The van der Waals surface area contributed by atoms with E-state index in [1.54, 1.807) is 19.3 Å². The van der Waals surface area contributed by atoms with E-state index in [1.807, 2.05) is 45.0 Å². The van der Waals surface area contributed by atoms with Crippen molar-refractivity contribution in [3.63, 3.8) is 0 Å². The first-order valence-corrected chi connectivity index (χ1v) is 11.0. The molecule has 0 saturated heterocycles. The van der Waals surface area contributed by atoms with Crippen LogP contribution in [0.25, 0.3) is 22.3 Å². The Kier molecular flexibility index (Phi) is 6.03. The van der Waals surface area contributed by atoms with E-state index in [2.05, 4.69) is 45.4 Å². The zero-order valence-corrected chi connectivity index (χ0v) is 18.4. The summed E-state index contributed by atoms with van der Waals surface area (Å²) in [6.07, 6.45) is 2.81. The van der Waals surface area contributed by atoms with Crippen LogP contribution >= 0.6 is 0 Å². The van der Waals surface area contributed by atoms with Gasteiger partial charge < -0.3 is 4.84 Å². The van der Waals surface area contributed by atoms with Crippen molar-refractivity contribution >= 4 is 11.5 Å². The standard InChI is InChI=1S/C24H22FN3O.C2H6/c1-3-18(15(2)25)24-28-22-7-5-4-6-20(22)19-9-8-17(16-10-12-26-13-11-16)14-21(19)23(28)27-29-24;1-2/h4-15,18,24H,3H2,1-2H3;1-2H3. The third-order valence-corrected chi connectivity index (χ3v) is 5.89. The highest BCUT2D eigenvalue weighted by molar-refractivity contribution is 6.20. The highest BCUT2D eigenvalue weighted by Gasteiger charge is 2.43. The summed E-state index contributed by atoms with van der Waals surface area (Å²) in [7, 11) is 0. The van der Waals surface area contributed by atoms with Crippen molar-refractivity contribution < 1.29 is 9.23 Å². The number of rotatable bonds is 4. The Bertz CT molecular complexity index is 1080. The van der Waals surface area contributed by atoms with E-state index in [4.69, 9.17) is 4.84 Å². The molecule has 2 aromatic carbocycles. The number of para-hydroxylation sites is 1. The Balaban J connectivity index is 0.00000112. The number of oxime groups is 1. The van der Waals surface area contributed by atoms with Crippen molar-refractivity contribution in [1.29, 1.82) is 0 Å². The molecule has 0 saturated carbocycles. The highest BCUT2D eigenvalue weighted by Crippen LogP contribution is 2.45. The number of fused-ring (bicyclic) bond motifs is 6. The quantitative estimate of drug-likeness (QED) is 0.476. The van der Waals surface area contributed by atoms with Crippen molar-refractivity contribution in [3.05, 3.63) is 72.6 Å². The van der Waals surface area contributed by atoms with E-state index in [1.165, 1.54) is 0 Å². The van der Waals surface area contributed by atoms with E-state index in [0.29, 0.717) is 6.42 Å². The summed E-state index contributed by atoms with van der Waals surface area (Å²) in [5, 5.41) is 4.43. The number of alkyl halides is 1. The minimum atomic E-state index is -0.990. The third-order valence-electron chi connectivity index (χ3n) is 5.89. The lowest BCUT2D eigenvalue weighted by molar-refractivity contribution is 0.0119. The van der Waals surface area contributed by atoms with E-state index >= 15 is 0 Å². The Hall–Kier alpha value is -3.21. The molecule has 0 N–H and O–H groups in total. The van der Waals surface area contributed by atoms with Crippen molar-refractivity contribution in [3.8, 4) is 22.3 Å². The van der Waals surface area contributed by atoms with Crippen molar-refractivity contribution in [2.75, 3.05) is 4.90 Å². The van der Waals surface area contributed by atoms with Crippen molar-refractivity contribution in [2.24, 2.45) is 11.1 Å². The summed E-state index contributed by atoms with van der Waals surface area (Å²) in [6.45, 7) is 7.59. The molecule has 0 spiro atoms. The largest absolute Gasteiger partial charge is 0.368 e. The van der Waals surface area contributed by atoms with Crippen LogP contribution in [0.3, 0.4) is 0 Å². The molecule has 3 heterocycles. The molecule has 31 heavy (non-hydrogen) atoms. The Morgan fingerprint density at radius 1 is 0.968 bits per heavy atom. The second-order valence-electron chi connectivity index (χ2n) is 7.54. The molecule has 1 aromatic heterocycles. The maximum atomic E-state index is 14.4. The molecule has 3 atom stereocenters. The van der Waals surface area contributed by atoms with Gasteiger partial charge in [0.15, 0.2) is 5.84 Å². The van der Waals surface area contributed by atoms with Gasteiger partial charge in [-0.15, -0.1) is 0 Å². The molecule has 0 bridgehead atoms. The smallest absolute Gasteiger partial charge is 0.211 e. The summed E-state index contributed by atoms with van der Waals surface area (Å²) in [4.78, 5) is 12.0. The molecule has 0 aliphatic carbocycles. The van der Waals surface area contributed by atoms with E-state index in [9.17, 15) is 4.39 Å². The van der Waals surface area contributed by atoms with Gasteiger partial charge in [-0.2, -0.15) is 0 Å². The number of aromatic nitrogens is 1. The molecule has 3 aromatic rings. The SMILES string of the molecule is CC.CCC(C(C)F)C1ON=C2c3cc(-c4ccncc4)ccc3-c3ccccc3N21. The Morgan fingerprint density at radius 2 is 1.71 bits per heavy atom.